The molecule has 176 valence electrons. The number of para-hydroxylation sites is 1. The summed E-state index contributed by atoms with van der Waals surface area (Å²) < 4.78 is 0. The summed E-state index contributed by atoms with van der Waals surface area (Å²) in [4.78, 5) is 3.81. The number of fused-ring (bicyclic) bond motifs is 14. The van der Waals surface area contributed by atoms with E-state index in [0.29, 0.717) is 0 Å². The molecule has 38 heavy (non-hydrogen) atoms. The van der Waals surface area contributed by atoms with Gasteiger partial charge in [0.15, 0.2) is 0 Å². The second-order valence-electron chi connectivity index (χ2n) is 10.5. The van der Waals surface area contributed by atoms with Gasteiger partial charge in [-0.3, -0.25) is 0 Å². The van der Waals surface area contributed by atoms with E-state index in [1.165, 1.54) is 77.4 Å². The molecule has 1 atom stereocenters. The first kappa shape index (κ1) is 20.2. The predicted molar refractivity (Wildman–Crippen MR) is 158 cm³/mol. The molecule has 1 spiro atoms. The van der Waals surface area contributed by atoms with Crippen LogP contribution in [0.25, 0.3) is 55.2 Å². The Labute approximate surface area is 221 Å². The van der Waals surface area contributed by atoms with Crippen LogP contribution < -0.4 is 0 Å². The van der Waals surface area contributed by atoms with Gasteiger partial charge in [0.25, 0.3) is 0 Å². The van der Waals surface area contributed by atoms with Crippen molar-refractivity contribution in [3.63, 3.8) is 0 Å². The summed E-state index contributed by atoms with van der Waals surface area (Å²) in [5.41, 5.74) is 15.4. The lowest BCUT2D eigenvalue weighted by molar-refractivity contribution is 0.794. The van der Waals surface area contributed by atoms with Crippen molar-refractivity contribution in [2.45, 2.75) is 5.41 Å². The SMILES string of the molecule is c1ccc(-c2ccc3c(c2)C2(c4ccccc4-3)c3ccccc3-c3c2ccc2c3[nH]c3ccccc32)cc1. The van der Waals surface area contributed by atoms with Crippen molar-refractivity contribution in [2.75, 3.05) is 0 Å². The Morgan fingerprint density at radius 3 is 1.97 bits per heavy atom. The summed E-state index contributed by atoms with van der Waals surface area (Å²) in [6, 6.07) is 49.3. The summed E-state index contributed by atoms with van der Waals surface area (Å²) >= 11 is 0. The fraction of sp³-hybridized carbons (Fsp3) is 0.0270. The molecule has 6 aromatic carbocycles. The van der Waals surface area contributed by atoms with Crippen LogP contribution in [-0.4, -0.2) is 4.98 Å². The lowest BCUT2D eigenvalue weighted by atomic mass is 9.70. The maximum Gasteiger partial charge on any atom is 0.0726 e. The van der Waals surface area contributed by atoms with E-state index in [-0.39, 0.29) is 5.41 Å². The molecule has 0 bridgehead atoms. The van der Waals surface area contributed by atoms with Crippen molar-refractivity contribution in [3.05, 3.63) is 156 Å². The predicted octanol–water partition coefficient (Wildman–Crippen LogP) is 9.33. The van der Waals surface area contributed by atoms with Gasteiger partial charge in [-0.15, -0.1) is 0 Å². The average molecular weight is 482 g/mol. The van der Waals surface area contributed by atoms with Crippen molar-refractivity contribution < 1.29 is 0 Å². The molecule has 1 nitrogen and oxygen atoms in total. The normalized spacial score (nSPS) is 16.5. The highest BCUT2D eigenvalue weighted by Crippen LogP contribution is 2.64. The van der Waals surface area contributed by atoms with Gasteiger partial charge in [0.05, 0.1) is 10.9 Å². The Morgan fingerprint density at radius 2 is 1.11 bits per heavy atom. The van der Waals surface area contributed by atoms with E-state index in [2.05, 4.69) is 138 Å². The van der Waals surface area contributed by atoms with E-state index in [9.17, 15) is 0 Å². The molecule has 0 aliphatic heterocycles. The number of aromatic amines is 1. The molecule has 1 heterocycles. The maximum atomic E-state index is 3.81. The van der Waals surface area contributed by atoms with Gasteiger partial charge in [0.2, 0.25) is 0 Å². The number of hydrogen-bond donors (Lipinski definition) is 1. The molecule has 0 saturated heterocycles. The van der Waals surface area contributed by atoms with Gasteiger partial charge >= 0.3 is 0 Å². The van der Waals surface area contributed by atoms with E-state index >= 15 is 0 Å². The number of benzene rings is 6. The minimum absolute atomic E-state index is 0.353. The van der Waals surface area contributed by atoms with Crippen LogP contribution >= 0.6 is 0 Å². The van der Waals surface area contributed by atoms with E-state index in [1.54, 1.807) is 0 Å². The van der Waals surface area contributed by atoms with E-state index in [1.807, 2.05) is 0 Å². The molecule has 2 aliphatic rings. The highest BCUT2D eigenvalue weighted by molar-refractivity contribution is 6.15. The Hall–Kier alpha value is -4.88. The summed E-state index contributed by atoms with van der Waals surface area (Å²) in [6.45, 7) is 0. The van der Waals surface area contributed by atoms with Gasteiger partial charge in [0.1, 0.15) is 0 Å². The highest BCUT2D eigenvalue weighted by atomic mass is 14.7. The van der Waals surface area contributed by atoms with Crippen molar-refractivity contribution in [1.82, 2.24) is 4.98 Å². The number of nitrogens with one attached hydrogen (secondary N) is 1. The summed E-state index contributed by atoms with van der Waals surface area (Å²) in [6.07, 6.45) is 0. The van der Waals surface area contributed by atoms with E-state index in [0.717, 1.165) is 0 Å². The minimum atomic E-state index is -0.353. The van der Waals surface area contributed by atoms with Crippen molar-refractivity contribution in [1.29, 1.82) is 0 Å². The number of aromatic nitrogens is 1. The second-order valence-corrected chi connectivity index (χ2v) is 10.5. The fourth-order valence-corrected chi connectivity index (χ4v) is 7.35. The van der Waals surface area contributed by atoms with E-state index < -0.39 is 0 Å². The largest absolute Gasteiger partial charge is 0.354 e. The van der Waals surface area contributed by atoms with Gasteiger partial charge < -0.3 is 4.98 Å². The minimum Gasteiger partial charge on any atom is -0.354 e. The van der Waals surface area contributed by atoms with Crippen LogP contribution in [0.3, 0.4) is 0 Å². The first-order chi connectivity index (χ1) is 18.9. The molecule has 0 radical (unpaired) electrons. The van der Waals surface area contributed by atoms with Gasteiger partial charge in [-0.2, -0.15) is 0 Å². The van der Waals surface area contributed by atoms with Crippen LogP contribution in [0.1, 0.15) is 22.3 Å². The quantitative estimate of drug-likeness (QED) is 0.240. The van der Waals surface area contributed by atoms with Gasteiger partial charge in [-0.25, -0.2) is 0 Å². The van der Waals surface area contributed by atoms with Crippen molar-refractivity contribution in [3.8, 4) is 33.4 Å². The number of hydrogen-bond acceptors (Lipinski definition) is 0. The van der Waals surface area contributed by atoms with Crippen molar-refractivity contribution in [2.24, 2.45) is 0 Å². The highest BCUT2D eigenvalue weighted by Gasteiger charge is 2.52. The molecule has 1 heteroatoms. The molecule has 1 N–H and O–H groups in total. The molecule has 0 fully saturated rings. The lowest BCUT2D eigenvalue weighted by Crippen LogP contribution is -2.25. The standard InChI is InChI=1S/C37H23N/c1-2-10-23(11-3-1)24-18-19-26-25-12-4-7-15-30(25)37(33(26)22-24)31-16-8-5-14-29(31)35-32(37)21-20-28-27-13-6-9-17-34(27)38-36(28)35/h1-22,38H. The number of H-pyrrole nitrogens is 1. The van der Waals surface area contributed by atoms with Crippen molar-refractivity contribution >= 4 is 21.8 Å². The summed E-state index contributed by atoms with van der Waals surface area (Å²) in [7, 11) is 0. The Kier molecular flexibility index (Phi) is 3.78. The fourth-order valence-electron chi connectivity index (χ4n) is 7.35. The summed E-state index contributed by atoms with van der Waals surface area (Å²) in [5.74, 6) is 0. The first-order valence-corrected chi connectivity index (χ1v) is 13.3. The Balaban J connectivity index is 1.46. The third-order valence-corrected chi connectivity index (χ3v) is 8.84. The monoisotopic (exact) mass is 481 g/mol. The Morgan fingerprint density at radius 1 is 0.421 bits per heavy atom. The lowest BCUT2D eigenvalue weighted by Gasteiger charge is -2.30. The molecule has 0 amide bonds. The van der Waals surface area contributed by atoms with Crippen LogP contribution in [0, 0.1) is 0 Å². The summed E-state index contributed by atoms with van der Waals surface area (Å²) in [5, 5.41) is 2.57. The van der Waals surface area contributed by atoms with Gasteiger partial charge in [-0.05, 0) is 62.2 Å². The van der Waals surface area contributed by atoms with Crippen LogP contribution in [0.15, 0.2) is 133 Å². The molecular formula is C37H23N. The third-order valence-electron chi connectivity index (χ3n) is 8.84. The molecule has 2 aliphatic carbocycles. The zero-order valence-electron chi connectivity index (χ0n) is 20.7. The molecule has 7 aromatic rings. The maximum absolute atomic E-state index is 3.81. The smallest absolute Gasteiger partial charge is 0.0726 e. The molecule has 1 unspecified atom stereocenters. The molecule has 9 rings (SSSR count). The van der Waals surface area contributed by atoms with Crippen LogP contribution in [0.4, 0.5) is 0 Å². The van der Waals surface area contributed by atoms with Gasteiger partial charge in [0, 0.05) is 21.9 Å². The van der Waals surface area contributed by atoms with Gasteiger partial charge in [-0.1, -0.05) is 121 Å². The molecule has 0 saturated carbocycles. The topological polar surface area (TPSA) is 15.8 Å². The Bertz CT molecular complexity index is 2080. The third kappa shape index (κ3) is 2.33. The van der Waals surface area contributed by atoms with Crippen LogP contribution in [-0.2, 0) is 5.41 Å². The molecule has 1 aromatic heterocycles. The van der Waals surface area contributed by atoms with E-state index in [4.69, 9.17) is 0 Å². The number of rotatable bonds is 1. The van der Waals surface area contributed by atoms with Crippen LogP contribution in [0.5, 0.6) is 0 Å². The average Bonchev–Trinajstić information content (AvgIpc) is 3.61. The zero-order chi connectivity index (χ0) is 24.8. The molecular weight excluding hydrogens is 458 g/mol. The first-order valence-electron chi connectivity index (χ1n) is 13.3. The second kappa shape index (κ2) is 7.12. The zero-order valence-corrected chi connectivity index (χ0v) is 20.7. The van der Waals surface area contributed by atoms with Crippen LogP contribution in [0.2, 0.25) is 0 Å².